The average Bonchev–Trinajstić information content (AvgIpc) is 3.00. The Kier molecular flexibility index (Phi) is 7.79. The lowest BCUT2D eigenvalue weighted by molar-refractivity contribution is 0.322. The van der Waals surface area contributed by atoms with Crippen LogP contribution in [0.1, 0.15) is 22.4 Å². The highest BCUT2D eigenvalue weighted by Gasteiger charge is 2.03. The average molecular weight is 345 g/mol. The smallest absolute Gasteiger partial charge is 0.191 e. The monoisotopic (exact) mass is 344 g/mol. The van der Waals surface area contributed by atoms with Gasteiger partial charge in [-0.2, -0.15) is 0 Å². The number of benzene rings is 1. The Bertz CT molecular complexity index is 621. The van der Waals surface area contributed by atoms with Crippen LogP contribution in [0, 0.1) is 6.92 Å². The van der Waals surface area contributed by atoms with Gasteiger partial charge in [-0.15, -0.1) is 11.3 Å². The van der Waals surface area contributed by atoms with Crippen molar-refractivity contribution in [3.8, 4) is 0 Å². The molecule has 0 saturated carbocycles. The number of aryl methyl sites for hydroxylation is 1. The third kappa shape index (κ3) is 6.34. The molecule has 2 aromatic rings. The van der Waals surface area contributed by atoms with Crippen molar-refractivity contribution in [1.82, 2.24) is 15.5 Å². The van der Waals surface area contributed by atoms with Gasteiger partial charge in [0.15, 0.2) is 5.96 Å². The summed E-state index contributed by atoms with van der Waals surface area (Å²) in [6.07, 6.45) is 1.09. The molecule has 5 heteroatoms. The number of nitrogens with zero attached hydrogens (tertiary/aromatic N) is 2. The lowest BCUT2D eigenvalue weighted by Crippen LogP contribution is -2.38. The van der Waals surface area contributed by atoms with E-state index in [9.17, 15) is 0 Å². The van der Waals surface area contributed by atoms with Gasteiger partial charge in [0.05, 0.1) is 6.54 Å². The molecule has 0 saturated heterocycles. The molecular weight excluding hydrogens is 316 g/mol. The standard InChI is InChI=1S/C19H28N4S/c1-16-10-13-24-18(16)14-22-19(20-2)21-11-7-12-23(3)15-17-8-5-4-6-9-17/h4-6,8-10,13H,7,11-12,14-15H2,1-3H3,(H2,20,21,22). The second-order valence-corrected chi connectivity index (χ2v) is 6.96. The lowest BCUT2D eigenvalue weighted by atomic mass is 10.2. The van der Waals surface area contributed by atoms with Crippen LogP contribution in [0.4, 0.5) is 0 Å². The highest BCUT2D eigenvalue weighted by Crippen LogP contribution is 2.14. The number of hydrogen-bond donors (Lipinski definition) is 2. The molecule has 0 atom stereocenters. The van der Waals surface area contributed by atoms with Crippen LogP contribution in [0.15, 0.2) is 46.8 Å². The molecule has 1 aromatic heterocycles. The van der Waals surface area contributed by atoms with Crippen molar-refractivity contribution in [3.05, 3.63) is 57.8 Å². The summed E-state index contributed by atoms with van der Waals surface area (Å²) in [6.45, 7) is 5.94. The van der Waals surface area contributed by atoms with E-state index in [2.05, 4.69) is 76.3 Å². The van der Waals surface area contributed by atoms with E-state index >= 15 is 0 Å². The van der Waals surface area contributed by atoms with E-state index in [4.69, 9.17) is 0 Å². The lowest BCUT2D eigenvalue weighted by Gasteiger charge is -2.17. The Labute approximate surface area is 149 Å². The predicted molar refractivity (Wildman–Crippen MR) is 105 cm³/mol. The summed E-state index contributed by atoms with van der Waals surface area (Å²) in [6, 6.07) is 12.7. The van der Waals surface area contributed by atoms with Crippen molar-refractivity contribution in [2.45, 2.75) is 26.4 Å². The first-order valence-corrected chi connectivity index (χ1v) is 9.27. The Balaban J connectivity index is 1.62. The summed E-state index contributed by atoms with van der Waals surface area (Å²) in [5.41, 5.74) is 2.70. The van der Waals surface area contributed by atoms with Crippen LogP contribution in [0.25, 0.3) is 0 Å². The minimum atomic E-state index is 0.830. The summed E-state index contributed by atoms with van der Waals surface area (Å²) in [7, 11) is 3.98. The first kappa shape index (κ1) is 18.5. The number of thiophene rings is 1. The predicted octanol–water partition coefficient (Wildman–Crippen LogP) is 3.24. The van der Waals surface area contributed by atoms with Crippen molar-refractivity contribution < 1.29 is 0 Å². The third-order valence-corrected chi connectivity index (χ3v) is 4.94. The molecule has 1 aromatic carbocycles. The fourth-order valence-corrected chi connectivity index (χ4v) is 3.35. The largest absolute Gasteiger partial charge is 0.356 e. The highest BCUT2D eigenvalue weighted by atomic mass is 32.1. The highest BCUT2D eigenvalue weighted by molar-refractivity contribution is 7.10. The maximum atomic E-state index is 4.29. The summed E-state index contributed by atoms with van der Waals surface area (Å²) < 4.78 is 0. The molecule has 2 rings (SSSR count). The van der Waals surface area contributed by atoms with Gasteiger partial charge in [0.2, 0.25) is 0 Å². The van der Waals surface area contributed by atoms with Crippen molar-refractivity contribution in [2.75, 3.05) is 27.2 Å². The summed E-state index contributed by atoms with van der Waals surface area (Å²) >= 11 is 1.78. The minimum Gasteiger partial charge on any atom is -0.356 e. The first-order valence-electron chi connectivity index (χ1n) is 8.39. The molecule has 0 radical (unpaired) electrons. The van der Waals surface area contributed by atoms with E-state index in [0.29, 0.717) is 0 Å². The molecule has 0 spiro atoms. The van der Waals surface area contributed by atoms with Crippen molar-refractivity contribution >= 4 is 17.3 Å². The van der Waals surface area contributed by atoms with Crippen LogP contribution in [-0.4, -0.2) is 38.0 Å². The molecule has 0 amide bonds. The first-order chi connectivity index (χ1) is 11.7. The second-order valence-electron chi connectivity index (χ2n) is 5.96. The van der Waals surface area contributed by atoms with E-state index in [1.165, 1.54) is 16.0 Å². The van der Waals surface area contributed by atoms with Gasteiger partial charge in [-0.3, -0.25) is 4.99 Å². The number of rotatable bonds is 8. The van der Waals surface area contributed by atoms with Crippen LogP contribution >= 0.6 is 11.3 Å². The van der Waals surface area contributed by atoms with Crippen LogP contribution in [-0.2, 0) is 13.1 Å². The van der Waals surface area contributed by atoms with E-state index in [1.54, 1.807) is 11.3 Å². The van der Waals surface area contributed by atoms with Crippen LogP contribution in [0.2, 0.25) is 0 Å². The summed E-state index contributed by atoms with van der Waals surface area (Å²) in [5, 5.41) is 8.89. The van der Waals surface area contributed by atoms with Gasteiger partial charge in [0.1, 0.15) is 0 Å². The SMILES string of the molecule is CN=C(NCCCN(C)Cc1ccccc1)NCc1sccc1C. The number of aliphatic imine (C=N–C) groups is 1. The van der Waals surface area contributed by atoms with Gasteiger partial charge in [-0.1, -0.05) is 30.3 Å². The fourth-order valence-electron chi connectivity index (χ4n) is 2.50. The van der Waals surface area contributed by atoms with Gasteiger partial charge in [-0.25, -0.2) is 0 Å². The van der Waals surface area contributed by atoms with Gasteiger partial charge in [0, 0.05) is 25.0 Å². The molecule has 0 fully saturated rings. The molecule has 4 nitrogen and oxygen atoms in total. The van der Waals surface area contributed by atoms with Crippen LogP contribution < -0.4 is 10.6 Å². The zero-order chi connectivity index (χ0) is 17.2. The zero-order valence-electron chi connectivity index (χ0n) is 14.9. The normalized spacial score (nSPS) is 11.8. The van der Waals surface area contributed by atoms with E-state index in [1.807, 2.05) is 7.05 Å². The molecule has 0 aliphatic heterocycles. The Hall–Kier alpha value is -1.85. The van der Waals surface area contributed by atoms with Crippen molar-refractivity contribution in [1.29, 1.82) is 0 Å². The molecule has 24 heavy (non-hydrogen) atoms. The third-order valence-electron chi connectivity index (χ3n) is 3.91. The van der Waals surface area contributed by atoms with E-state index in [-0.39, 0.29) is 0 Å². The zero-order valence-corrected chi connectivity index (χ0v) is 15.7. The Morgan fingerprint density at radius 3 is 2.62 bits per heavy atom. The summed E-state index contributed by atoms with van der Waals surface area (Å²) in [4.78, 5) is 8.00. The van der Waals surface area contributed by atoms with Gasteiger partial charge < -0.3 is 15.5 Å². The summed E-state index contributed by atoms with van der Waals surface area (Å²) in [5.74, 6) is 0.869. The van der Waals surface area contributed by atoms with Crippen molar-refractivity contribution in [3.63, 3.8) is 0 Å². The Morgan fingerprint density at radius 2 is 1.96 bits per heavy atom. The number of nitrogens with one attached hydrogen (secondary N) is 2. The molecule has 1 heterocycles. The molecule has 0 aliphatic carbocycles. The van der Waals surface area contributed by atoms with Gasteiger partial charge in [0.25, 0.3) is 0 Å². The van der Waals surface area contributed by atoms with E-state index < -0.39 is 0 Å². The van der Waals surface area contributed by atoms with Gasteiger partial charge >= 0.3 is 0 Å². The van der Waals surface area contributed by atoms with Crippen LogP contribution in [0.3, 0.4) is 0 Å². The maximum Gasteiger partial charge on any atom is 0.191 e. The van der Waals surface area contributed by atoms with E-state index in [0.717, 1.165) is 38.6 Å². The molecule has 0 aliphatic rings. The fraction of sp³-hybridized carbons (Fsp3) is 0.421. The molecular formula is C19H28N4S. The molecule has 0 bridgehead atoms. The Morgan fingerprint density at radius 1 is 1.17 bits per heavy atom. The number of hydrogen-bond acceptors (Lipinski definition) is 3. The second kappa shape index (κ2) is 10.1. The molecule has 0 unspecified atom stereocenters. The van der Waals surface area contributed by atoms with Crippen LogP contribution in [0.5, 0.6) is 0 Å². The maximum absolute atomic E-state index is 4.29. The quantitative estimate of drug-likeness (QED) is 0.439. The number of guanidine groups is 1. The van der Waals surface area contributed by atoms with Crippen molar-refractivity contribution in [2.24, 2.45) is 4.99 Å². The topological polar surface area (TPSA) is 39.7 Å². The van der Waals surface area contributed by atoms with Gasteiger partial charge in [-0.05, 0) is 49.5 Å². The molecule has 130 valence electrons. The minimum absolute atomic E-state index is 0.830. The molecule has 2 N–H and O–H groups in total.